The summed E-state index contributed by atoms with van der Waals surface area (Å²) in [7, 11) is 2.44. The lowest BCUT2D eigenvalue weighted by Crippen LogP contribution is -2.66. The topological polar surface area (TPSA) is 128 Å². The van der Waals surface area contributed by atoms with Crippen LogP contribution in [0.1, 0.15) is 101 Å². The predicted molar refractivity (Wildman–Crippen MR) is 259 cm³/mol. The Morgan fingerprint density at radius 3 is 1.44 bits per heavy atom. The molecule has 1 aliphatic carbocycles. The highest BCUT2D eigenvalue weighted by molar-refractivity contribution is 6.08. The maximum Gasteiger partial charge on any atom is 0.344 e. The molecule has 2 spiro atoms. The molecule has 0 saturated carbocycles. The molecule has 0 radical (unpaired) electrons. The maximum atomic E-state index is 16.1. The fraction of sp³-hybridized carbons (Fsp3) is 0.310. The van der Waals surface area contributed by atoms with E-state index in [1.807, 2.05) is 132 Å². The third kappa shape index (κ3) is 6.66. The molecule has 0 saturated heterocycles. The van der Waals surface area contributed by atoms with Crippen molar-refractivity contribution in [1.29, 1.82) is 0 Å². The number of esters is 4. The Morgan fingerprint density at radius 2 is 0.971 bits per heavy atom. The summed E-state index contributed by atoms with van der Waals surface area (Å²) in [6.45, 7) is 23.6. The lowest BCUT2D eigenvalue weighted by molar-refractivity contribution is -0.172. The van der Waals surface area contributed by atoms with E-state index in [-0.39, 0.29) is 39.7 Å². The molecular formula is C58H56O10. The van der Waals surface area contributed by atoms with Gasteiger partial charge in [0, 0.05) is 33.4 Å². The molecule has 1 aromatic heterocycles. The number of methoxy groups -OCH3 is 2. The van der Waals surface area contributed by atoms with Crippen LogP contribution < -0.4 is 0 Å². The van der Waals surface area contributed by atoms with Gasteiger partial charge in [0.15, 0.2) is 11.0 Å². The van der Waals surface area contributed by atoms with Crippen LogP contribution in [0.25, 0.3) is 28.6 Å². The molecule has 4 aromatic carbocycles. The third-order valence-corrected chi connectivity index (χ3v) is 14.2. The third-order valence-electron chi connectivity index (χ3n) is 14.2. The first-order chi connectivity index (χ1) is 32.2. The summed E-state index contributed by atoms with van der Waals surface area (Å²) in [6, 6.07) is 17.9. The van der Waals surface area contributed by atoms with Gasteiger partial charge >= 0.3 is 23.9 Å². The molecular weight excluding hydrogens is 857 g/mol. The Labute approximate surface area is 397 Å². The van der Waals surface area contributed by atoms with Crippen LogP contribution in [0.3, 0.4) is 0 Å². The van der Waals surface area contributed by atoms with Crippen molar-refractivity contribution in [1.82, 2.24) is 0 Å². The number of carbonyl (C=O) groups excluding carboxylic acids is 4. The number of carbonyl (C=O) groups is 4. The fourth-order valence-electron chi connectivity index (χ4n) is 12.1. The highest BCUT2D eigenvalue weighted by atomic mass is 16.6. The van der Waals surface area contributed by atoms with E-state index in [2.05, 4.69) is 0 Å². The fourth-order valence-corrected chi connectivity index (χ4v) is 12.1. The summed E-state index contributed by atoms with van der Waals surface area (Å²) in [5, 5.41) is 0. The van der Waals surface area contributed by atoms with Crippen LogP contribution >= 0.6 is 0 Å². The van der Waals surface area contributed by atoms with Crippen LogP contribution in [0, 0.1) is 89.0 Å². The van der Waals surface area contributed by atoms with Gasteiger partial charge in [0.25, 0.3) is 0 Å². The first-order valence-electron chi connectivity index (χ1n) is 22.8. The smallest absolute Gasteiger partial charge is 0.344 e. The Kier molecular flexibility index (Phi) is 11.0. The monoisotopic (exact) mass is 912 g/mol. The van der Waals surface area contributed by atoms with Gasteiger partial charge in [-0.1, -0.05) is 70.8 Å². The molecule has 0 bridgehead atoms. The molecule has 10 heteroatoms. The summed E-state index contributed by atoms with van der Waals surface area (Å²) >= 11 is 0. The van der Waals surface area contributed by atoms with Gasteiger partial charge in [-0.05, 0) is 152 Å². The summed E-state index contributed by atoms with van der Waals surface area (Å²) in [4.78, 5) is 61.2. The van der Waals surface area contributed by atoms with Gasteiger partial charge in [0.05, 0.1) is 19.8 Å². The Morgan fingerprint density at radius 1 is 0.529 bits per heavy atom. The number of fused-ring (bicyclic) bond motifs is 3. The SMILES string of the molecule is COC(=O)[C@@H]1[C@@H](C(=O)OC)c2oc(-c3c(C)cc(C)cc3C)cc2[C@]2(C=C(c3c(C)cc(C)cc3C)OC2=O)[C@]12OC(c1c(C)cc(C)cc1C)=C/C2=C1\C=C(c2c(C)cc(C)cc2C)OC1=O. The van der Waals surface area contributed by atoms with Crippen LogP contribution in [0.4, 0.5) is 0 Å². The average molecular weight is 913 g/mol. The average Bonchev–Trinajstić information content (AvgIpc) is 4.01. The van der Waals surface area contributed by atoms with Crippen LogP contribution in [0.2, 0.25) is 0 Å². The number of benzene rings is 4. The molecule has 4 aliphatic rings. The lowest BCUT2D eigenvalue weighted by Gasteiger charge is -2.51. The highest BCUT2D eigenvalue weighted by Crippen LogP contribution is 2.67. The summed E-state index contributed by atoms with van der Waals surface area (Å²) in [5.74, 6) is -5.57. The van der Waals surface area contributed by atoms with Gasteiger partial charge in [0.2, 0.25) is 0 Å². The van der Waals surface area contributed by atoms with E-state index in [1.54, 1.807) is 24.3 Å². The number of hydrogen-bond acceptors (Lipinski definition) is 10. The zero-order valence-electron chi connectivity index (χ0n) is 41.2. The van der Waals surface area contributed by atoms with Gasteiger partial charge in [-0.3, -0.25) is 14.4 Å². The molecule has 0 fully saturated rings. The van der Waals surface area contributed by atoms with Crippen molar-refractivity contribution >= 4 is 41.2 Å². The first-order valence-corrected chi connectivity index (χ1v) is 22.8. The minimum Gasteiger partial charge on any atom is -0.479 e. The number of aryl methyl sites for hydroxylation is 12. The number of ether oxygens (including phenoxy) is 5. The molecule has 4 heterocycles. The van der Waals surface area contributed by atoms with Crippen molar-refractivity contribution in [2.75, 3.05) is 14.2 Å². The minimum absolute atomic E-state index is 0.000665. The van der Waals surface area contributed by atoms with Gasteiger partial charge in [-0.15, -0.1) is 0 Å². The van der Waals surface area contributed by atoms with Gasteiger partial charge in [-0.2, -0.15) is 0 Å². The summed E-state index contributed by atoms with van der Waals surface area (Å²) < 4.78 is 38.6. The van der Waals surface area contributed by atoms with Crippen molar-refractivity contribution in [2.45, 2.75) is 100 Å². The Bertz CT molecular complexity index is 3150. The number of hydrogen-bond donors (Lipinski definition) is 0. The molecule has 0 unspecified atom stereocenters. The molecule has 5 aromatic rings. The molecule has 3 aliphatic heterocycles. The second kappa shape index (κ2) is 16.2. The van der Waals surface area contributed by atoms with Crippen molar-refractivity contribution in [3.8, 4) is 11.3 Å². The summed E-state index contributed by atoms with van der Waals surface area (Å²) in [6.07, 6.45) is 5.05. The first kappa shape index (κ1) is 45.9. The summed E-state index contributed by atoms with van der Waals surface area (Å²) in [5.41, 5.74) is 9.63. The van der Waals surface area contributed by atoms with E-state index in [0.717, 1.165) is 77.9 Å². The highest BCUT2D eigenvalue weighted by Gasteiger charge is 2.77. The quantitative estimate of drug-likeness (QED) is 0.0923. The van der Waals surface area contributed by atoms with Crippen LogP contribution in [0.5, 0.6) is 0 Å². The molecule has 348 valence electrons. The second-order valence-electron chi connectivity index (χ2n) is 19.3. The van der Waals surface area contributed by atoms with E-state index >= 15 is 9.59 Å². The van der Waals surface area contributed by atoms with Gasteiger partial charge in [-0.25, -0.2) is 4.79 Å². The van der Waals surface area contributed by atoms with E-state index in [9.17, 15) is 9.59 Å². The zero-order valence-corrected chi connectivity index (χ0v) is 41.2. The van der Waals surface area contributed by atoms with Crippen LogP contribution in [-0.4, -0.2) is 43.7 Å². The molecule has 9 rings (SSSR count). The van der Waals surface area contributed by atoms with Crippen molar-refractivity contribution in [3.05, 3.63) is 179 Å². The van der Waals surface area contributed by atoms with Crippen molar-refractivity contribution < 1.29 is 47.3 Å². The Balaban J connectivity index is 1.50. The normalized spacial score (nSPS) is 22.7. The molecule has 4 atom stereocenters. The van der Waals surface area contributed by atoms with Crippen molar-refractivity contribution in [3.63, 3.8) is 0 Å². The minimum atomic E-state index is -2.31. The predicted octanol–water partition coefficient (Wildman–Crippen LogP) is 11.2. The lowest BCUT2D eigenvalue weighted by atomic mass is 9.52. The maximum absolute atomic E-state index is 16.1. The number of furan rings is 1. The molecule has 10 nitrogen and oxygen atoms in total. The second-order valence-corrected chi connectivity index (χ2v) is 19.3. The molecule has 0 amide bonds. The largest absolute Gasteiger partial charge is 0.479 e. The Hall–Kier alpha value is -7.20. The standard InChI is InChI=1S/C58H56O10/c1-27-15-31(5)46(32(6)16-27)42-23-39(53(59)66-42)40-24-44(48-35(9)19-29(3)20-36(48)10)68-58(40)51(55(61)64-14)50(54(60)63-13)52-41(25-43(65-52)47-33(7)17-28(2)18-34(47)8)57(58)26-45(67-56(57)62)49-37(11)21-30(4)22-38(49)12/h15-26,50-51H,1-14H3/b40-39-/t50-,51+,57+,58-/m1/s1. The molecule has 0 N–H and O–H groups in total. The van der Waals surface area contributed by atoms with Gasteiger partial charge in [0.1, 0.15) is 40.6 Å². The number of rotatable bonds is 6. The van der Waals surface area contributed by atoms with Crippen LogP contribution in [0.15, 0.2) is 88.4 Å². The number of cyclic esters (lactones) is 2. The van der Waals surface area contributed by atoms with Gasteiger partial charge < -0.3 is 28.1 Å². The van der Waals surface area contributed by atoms with E-state index in [4.69, 9.17) is 28.1 Å². The van der Waals surface area contributed by atoms with E-state index in [0.29, 0.717) is 16.9 Å². The molecule has 68 heavy (non-hydrogen) atoms. The van der Waals surface area contributed by atoms with Crippen molar-refractivity contribution in [2.24, 2.45) is 5.92 Å². The van der Waals surface area contributed by atoms with E-state index < -0.39 is 46.7 Å². The van der Waals surface area contributed by atoms with Crippen LogP contribution in [-0.2, 0) is 48.3 Å². The zero-order chi connectivity index (χ0) is 49.0. The van der Waals surface area contributed by atoms with E-state index in [1.165, 1.54) is 14.2 Å².